The average molecular weight is 300 g/mol. The molecule has 22 heavy (non-hydrogen) atoms. The average Bonchev–Trinajstić information content (AvgIpc) is 2.55. The van der Waals surface area contributed by atoms with Gasteiger partial charge in [0.15, 0.2) is 0 Å². The number of likely N-dealkylation sites (N-methyl/N-ethyl adjacent to an activating group) is 1. The van der Waals surface area contributed by atoms with Crippen LogP contribution in [0.3, 0.4) is 0 Å². The topological polar surface area (TPSA) is 34.5 Å². The van der Waals surface area contributed by atoms with Gasteiger partial charge in [0.1, 0.15) is 12.4 Å². The molecule has 0 saturated carbocycles. The summed E-state index contributed by atoms with van der Waals surface area (Å²) < 4.78 is 7.55. The standard InChI is InChI=1S/C18H24N2O2/c1-4-11-20-12-10-15-16(18(20)21)8-7-9-17(15)22-14-13-19(5-2)6-3/h4,7-10,12H,1,5-6,11,13-14H2,2-3H3. The maximum Gasteiger partial charge on any atom is 0.258 e. The molecule has 4 heteroatoms. The quantitative estimate of drug-likeness (QED) is 0.703. The van der Waals surface area contributed by atoms with Crippen molar-refractivity contribution in [2.75, 3.05) is 26.2 Å². The van der Waals surface area contributed by atoms with Gasteiger partial charge in [-0.05, 0) is 31.3 Å². The van der Waals surface area contributed by atoms with Gasteiger partial charge in [0.05, 0.1) is 5.39 Å². The van der Waals surface area contributed by atoms with Gasteiger partial charge in [0.2, 0.25) is 0 Å². The third-order valence-electron chi connectivity index (χ3n) is 3.86. The van der Waals surface area contributed by atoms with Crippen molar-refractivity contribution in [1.82, 2.24) is 9.47 Å². The Hall–Kier alpha value is -2.07. The molecule has 0 fully saturated rings. The normalized spacial score (nSPS) is 11.0. The van der Waals surface area contributed by atoms with Crippen molar-refractivity contribution in [3.05, 3.63) is 53.5 Å². The zero-order chi connectivity index (χ0) is 15.9. The van der Waals surface area contributed by atoms with Gasteiger partial charge < -0.3 is 14.2 Å². The summed E-state index contributed by atoms with van der Waals surface area (Å²) in [5.41, 5.74) is -0.00778. The molecule has 0 saturated heterocycles. The van der Waals surface area contributed by atoms with Crippen LogP contribution in [0.4, 0.5) is 0 Å². The minimum Gasteiger partial charge on any atom is -0.492 e. The van der Waals surface area contributed by atoms with Crippen molar-refractivity contribution >= 4 is 10.8 Å². The number of hydrogen-bond donors (Lipinski definition) is 0. The summed E-state index contributed by atoms with van der Waals surface area (Å²) in [6, 6.07) is 7.57. The summed E-state index contributed by atoms with van der Waals surface area (Å²) in [6.45, 7) is 12.0. The molecular weight excluding hydrogens is 276 g/mol. The summed E-state index contributed by atoms with van der Waals surface area (Å²) >= 11 is 0. The van der Waals surface area contributed by atoms with Crippen molar-refractivity contribution in [2.24, 2.45) is 0 Å². The first-order chi connectivity index (χ1) is 10.7. The fraction of sp³-hybridized carbons (Fsp3) is 0.389. The summed E-state index contributed by atoms with van der Waals surface area (Å²) in [5, 5.41) is 1.55. The van der Waals surface area contributed by atoms with E-state index in [-0.39, 0.29) is 5.56 Å². The van der Waals surface area contributed by atoms with Crippen molar-refractivity contribution in [3.63, 3.8) is 0 Å². The number of benzene rings is 1. The van der Waals surface area contributed by atoms with E-state index in [0.29, 0.717) is 18.5 Å². The van der Waals surface area contributed by atoms with E-state index in [9.17, 15) is 4.79 Å². The number of ether oxygens (including phenoxy) is 1. The highest BCUT2D eigenvalue weighted by atomic mass is 16.5. The number of pyridine rings is 1. The van der Waals surface area contributed by atoms with Crippen molar-refractivity contribution in [3.8, 4) is 5.75 Å². The van der Waals surface area contributed by atoms with Gasteiger partial charge in [-0.3, -0.25) is 4.79 Å². The molecule has 0 radical (unpaired) electrons. The van der Waals surface area contributed by atoms with E-state index in [2.05, 4.69) is 25.3 Å². The van der Waals surface area contributed by atoms with Gasteiger partial charge in [0.25, 0.3) is 5.56 Å². The molecule has 1 aromatic heterocycles. The molecule has 0 amide bonds. The van der Waals surface area contributed by atoms with Crippen LogP contribution in [0.25, 0.3) is 10.8 Å². The molecule has 4 nitrogen and oxygen atoms in total. The van der Waals surface area contributed by atoms with E-state index in [4.69, 9.17) is 4.74 Å². The molecule has 0 N–H and O–H groups in total. The Balaban J connectivity index is 2.22. The van der Waals surface area contributed by atoms with Gasteiger partial charge in [0, 0.05) is 24.7 Å². The van der Waals surface area contributed by atoms with Crippen LogP contribution < -0.4 is 10.3 Å². The molecule has 0 spiro atoms. The first-order valence-electron chi connectivity index (χ1n) is 7.79. The van der Waals surface area contributed by atoms with Crippen LogP contribution in [0.1, 0.15) is 13.8 Å². The van der Waals surface area contributed by atoms with Crippen molar-refractivity contribution in [2.45, 2.75) is 20.4 Å². The van der Waals surface area contributed by atoms with Crippen LogP contribution in [-0.2, 0) is 6.54 Å². The largest absolute Gasteiger partial charge is 0.492 e. The first kappa shape index (κ1) is 16.3. The second-order valence-corrected chi connectivity index (χ2v) is 5.15. The van der Waals surface area contributed by atoms with Crippen LogP contribution in [0, 0.1) is 0 Å². The third-order valence-corrected chi connectivity index (χ3v) is 3.86. The van der Waals surface area contributed by atoms with Gasteiger partial charge in [-0.1, -0.05) is 26.0 Å². The number of nitrogens with zero attached hydrogens (tertiary/aromatic N) is 2. The molecule has 0 atom stereocenters. The maximum absolute atomic E-state index is 12.4. The molecular formula is C18H24N2O2. The zero-order valence-electron chi connectivity index (χ0n) is 13.4. The van der Waals surface area contributed by atoms with Gasteiger partial charge >= 0.3 is 0 Å². The molecule has 0 unspecified atom stereocenters. The van der Waals surface area contributed by atoms with Crippen LogP contribution in [0.15, 0.2) is 47.9 Å². The number of hydrogen-bond acceptors (Lipinski definition) is 3. The molecule has 0 aliphatic carbocycles. The third kappa shape index (κ3) is 3.57. The fourth-order valence-corrected chi connectivity index (χ4v) is 2.52. The molecule has 1 heterocycles. The Labute approximate surface area is 131 Å². The Morgan fingerprint density at radius 3 is 2.68 bits per heavy atom. The van der Waals surface area contributed by atoms with E-state index in [1.165, 1.54) is 0 Å². The van der Waals surface area contributed by atoms with E-state index >= 15 is 0 Å². The van der Waals surface area contributed by atoms with Crippen molar-refractivity contribution in [1.29, 1.82) is 0 Å². The Kier molecular flexibility index (Phi) is 5.78. The highest BCUT2D eigenvalue weighted by Crippen LogP contribution is 2.23. The van der Waals surface area contributed by atoms with E-state index < -0.39 is 0 Å². The number of rotatable bonds is 8. The van der Waals surface area contributed by atoms with E-state index in [0.717, 1.165) is 30.8 Å². The Morgan fingerprint density at radius 1 is 1.23 bits per heavy atom. The molecule has 0 aliphatic heterocycles. The Morgan fingerprint density at radius 2 is 2.00 bits per heavy atom. The zero-order valence-corrected chi connectivity index (χ0v) is 13.4. The van der Waals surface area contributed by atoms with Gasteiger partial charge in [-0.2, -0.15) is 0 Å². The van der Waals surface area contributed by atoms with E-state index in [1.54, 1.807) is 16.8 Å². The molecule has 118 valence electrons. The van der Waals surface area contributed by atoms with Crippen LogP contribution >= 0.6 is 0 Å². The minimum atomic E-state index is -0.00778. The lowest BCUT2D eigenvalue weighted by atomic mass is 10.1. The lowest BCUT2D eigenvalue weighted by molar-refractivity contribution is 0.224. The highest BCUT2D eigenvalue weighted by molar-refractivity contribution is 5.87. The van der Waals surface area contributed by atoms with Gasteiger partial charge in [-0.25, -0.2) is 0 Å². The van der Waals surface area contributed by atoms with Gasteiger partial charge in [-0.15, -0.1) is 6.58 Å². The molecule has 1 aromatic carbocycles. The minimum absolute atomic E-state index is 0.00778. The summed E-state index contributed by atoms with van der Waals surface area (Å²) in [7, 11) is 0. The fourth-order valence-electron chi connectivity index (χ4n) is 2.52. The summed E-state index contributed by atoms with van der Waals surface area (Å²) in [5.74, 6) is 0.771. The predicted molar refractivity (Wildman–Crippen MR) is 91.7 cm³/mol. The predicted octanol–water partition coefficient (Wildman–Crippen LogP) is 2.91. The second kappa shape index (κ2) is 7.80. The monoisotopic (exact) mass is 300 g/mol. The number of aromatic nitrogens is 1. The summed E-state index contributed by atoms with van der Waals surface area (Å²) in [4.78, 5) is 14.7. The molecule has 0 aliphatic rings. The molecule has 2 rings (SSSR count). The second-order valence-electron chi connectivity index (χ2n) is 5.15. The lowest BCUT2D eigenvalue weighted by Gasteiger charge is -2.18. The van der Waals surface area contributed by atoms with Crippen LogP contribution in [0.5, 0.6) is 5.75 Å². The number of allylic oxidation sites excluding steroid dienone is 1. The Bertz CT molecular complexity index is 687. The summed E-state index contributed by atoms with van der Waals surface area (Å²) in [6.07, 6.45) is 3.52. The van der Waals surface area contributed by atoms with E-state index in [1.807, 2.05) is 24.3 Å². The molecule has 0 bridgehead atoms. The maximum atomic E-state index is 12.4. The highest BCUT2D eigenvalue weighted by Gasteiger charge is 2.07. The van der Waals surface area contributed by atoms with Crippen molar-refractivity contribution < 1.29 is 4.74 Å². The SMILES string of the molecule is C=CCn1ccc2c(OCCN(CC)CC)cccc2c1=O. The smallest absolute Gasteiger partial charge is 0.258 e. The van der Waals surface area contributed by atoms with Crippen LogP contribution in [-0.4, -0.2) is 35.7 Å². The lowest BCUT2D eigenvalue weighted by Crippen LogP contribution is -2.28. The first-order valence-corrected chi connectivity index (χ1v) is 7.79. The molecule has 2 aromatic rings. The van der Waals surface area contributed by atoms with Crippen LogP contribution in [0.2, 0.25) is 0 Å². The number of fused-ring (bicyclic) bond motifs is 1.